The Morgan fingerprint density at radius 3 is 2.35 bits per heavy atom. The van der Waals surface area contributed by atoms with Gasteiger partial charge in [0, 0.05) is 49.4 Å². The van der Waals surface area contributed by atoms with E-state index in [1.807, 2.05) is 36.7 Å². The zero-order valence-electron chi connectivity index (χ0n) is 18.3. The first-order chi connectivity index (χ1) is 16.5. The zero-order chi connectivity index (χ0) is 23.5. The van der Waals surface area contributed by atoms with E-state index in [1.54, 1.807) is 0 Å². The SMILES string of the molecule is O=c1ccc(-c2cc(F)cc(F)c2)nn1Cc1cccc(-c2ncc(N3CCNCC3)cn2)c1. The third-order valence-corrected chi connectivity index (χ3v) is 5.66. The van der Waals surface area contributed by atoms with Gasteiger partial charge in [0.1, 0.15) is 11.6 Å². The van der Waals surface area contributed by atoms with Crippen LogP contribution in [0.1, 0.15) is 5.56 Å². The summed E-state index contributed by atoms with van der Waals surface area (Å²) in [7, 11) is 0. The Labute approximate surface area is 194 Å². The topological polar surface area (TPSA) is 75.9 Å². The van der Waals surface area contributed by atoms with Crippen molar-refractivity contribution >= 4 is 5.69 Å². The van der Waals surface area contributed by atoms with Crippen molar-refractivity contribution in [3.63, 3.8) is 0 Å². The summed E-state index contributed by atoms with van der Waals surface area (Å²) in [5.41, 5.74) is 2.88. The highest BCUT2D eigenvalue weighted by Crippen LogP contribution is 2.21. The lowest BCUT2D eigenvalue weighted by molar-refractivity contribution is 0.583. The Bertz CT molecular complexity index is 1350. The summed E-state index contributed by atoms with van der Waals surface area (Å²) >= 11 is 0. The Balaban J connectivity index is 1.38. The molecule has 1 aliphatic heterocycles. The number of piperazine rings is 1. The lowest BCUT2D eigenvalue weighted by Crippen LogP contribution is -2.43. The fourth-order valence-corrected chi connectivity index (χ4v) is 3.96. The van der Waals surface area contributed by atoms with Crippen LogP contribution in [0.3, 0.4) is 0 Å². The number of anilines is 1. The van der Waals surface area contributed by atoms with Crippen LogP contribution >= 0.6 is 0 Å². The molecule has 1 fully saturated rings. The van der Waals surface area contributed by atoms with Crippen LogP contribution in [-0.4, -0.2) is 45.9 Å². The Morgan fingerprint density at radius 1 is 0.882 bits per heavy atom. The van der Waals surface area contributed by atoms with E-state index < -0.39 is 11.6 Å². The third-order valence-electron chi connectivity index (χ3n) is 5.66. The molecule has 5 rings (SSSR count). The molecule has 0 amide bonds. The van der Waals surface area contributed by atoms with Crippen LogP contribution < -0.4 is 15.8 Å². The van der Waals surface area contributed by atoms with E-state index in [4.69, 9.17) is 0 Å². The van der Waals surface area contributed by atoms with E-state index in [2.05, 4.69) is 25.3 Å². The average Bonchev–Trinajstić information content (AvgIpc) is 2.86. The Kier molecular flexibility index (Phi) is 6.09. The molecular formula is C25H22F2N6O. The fraction of sp³-hybridized carbons (Fsp3) is 0.200. The molecule has 34 heavy (non-hydrogen) atoms. The van der Waals surface area contributed by atoms with Crippen molar-refractivity contribution in [1.29, 1.82) is 0 Å². The van der Waals surface area contributed by atoms with Crippen LogP contribution in [-0.2, 0) is 6.54 Å². The van der Waals surface area contributed by atoms with Crippen LogP contribution in [0.4, 0.5) is 14.5 Å². The third kappa shape index (κ3) is 4.84. The second-order valence-corrected chi connectivity index (χ2v) is 8.07. The van der Waals surface area contributed by atoms with Gasteiger partial charge in [-0.25, -0.2) is 23.4 Å². The summed E-state index contributed by atoms with van der Waals surface area (Å²) in [4.78, 5) is 23.7. The summed E-state index contributed by atoms with van der Waals surface area (Å²) in [6.45, 7) is 3.90. The molecule has 0 spiro atoms. The van der Waals surface area contributed by atoms with Crippen molar-refractivity contribution in [3.8, 4) is 22.6 Å². The number of nitrogens with zero attached hydrogens (tertiary/aromatic N) is 5. The van der Waals surface area contributed by atoms with Gasteiger partial charge in [-0.1, -0.05) is 18.2 Å². The van der Waals surface area contributed by atoms with E-state index >= 15 is 0 Å². The molecule has 0 atom stereocenters. The maximum absolute atomic E-state index is 13.6. The van der Waals surface area contributed by atoms with Crippen molar-refractivity contribution in [1.82, 2.24) is 25.1 Å². The number of benzene rings is 2. The summed E-state index contributed by atoms with van der Waals surface area (Å²) in [6.07, 6.45) is 3.65. The molecule has 1 N–H and O–H groups in total. The molecule has 172 valence electrons. The van der Waals surface area contributed by atoms with Crippen LogP contribution in [0.25, 0.3) is 22.6 Å². The summed E-state index contributed by atoms with van der Waals surface area (Å²) < 4.78 is 28.5. The molecule has 1 saturated heterocycles. The van der Waals surface area contributed by atoms with Gasteiger partial charge in [-0.2, -0.15) is 5.10 Å². The minimum Gasteiger partial charge on any atom is -0.366 e. The van der Waals surface area contributed by atoms with E-state index in [1.165, 1.54) is 28.9 Å². The molecule has 2 aromatic heterocycles. The molecule has 2 aromatic carbocycles. The monoisotopic (exact) mass is 460 g/mol. The Hall–Kier alpha value is -3.98. The average molecular weight is 460 g/mol. The molecular weight excluding hydrogens is 438 g/mol. The van der Waals surface area contributed by atoms with Gasteiger partial charge in [-0.3, -0.25) is 4.79 Å². The minimum atomic E-state index is -0.703. The van der Waals surface area contributed by atoms with Crippen LogP contribution in [0.2, 0.25) is 0 Å². The number of hydrogen-bond donors (Lipinski definition) is 1. The van der Waals surface area contributed by atoms with Gasteiger partial charge >= 0.3 is 0 Å². The molecule has 3 heterocycles. The summed E-state index contributed by atoms with van der Waals surface area (Å²) in [5.74, 6) is -0.819. The van der Waals surface area contributed by atoms with Gasteiger partial charge in [0.2, 0.25) is 0 Å². The predicted octanol–water partition coefficient (Wildman–Crippen LogP) is 3.10. The van der Waals surface area contributed by atoms with Crippen LogP contribution in [0, 0.1) is 11.6 Å². The first-order valence-corrected chi connectivity index (χ1v) is 11.0. The maximum Gasteiger partial charge on any atom is 0.267 e. The van der Waals surface area contributed by atoms with Crippen molar-refractivity contribution in [2.45, 2.75) is 6.54 Å². The molecule has 0 radical (unpaired) electrons. The normalized spacial score (nSPS) is 13.8. The van der Waals surface area contributed by atoms with Gasteiger partial charge in [0.25, 0.3) is 5.56 Å². The first kappa shape index (κ1) is 21.8. The molecule has 0 saturated carbocycles. The fourth-order valence-electron chi connectivity index (χ4n) is 3.96. The summed E-state index contributed by atoms with van der Waals surface area (Å²) in [6, 6.07) is 13.5. The molecule has 0 aliphatic carbocycles. The molecule has 1 aliphatic rings. The molecule has 0 bridgehead atoms. The molecule has 4 aromatic rings. The van der Waals surface area contributed by atoms with Crippen molar-refractivity contribution in [2.75, 3.05) is 31.1 Å². The van der Waals surface area contributed by atoms with Gasteiger partial charge in [0.15, 0.2) is 5.82 Å². The number of halogens is 2. The van der Waals surface area contributed by atoms with Gasteiger partial charge < -0.3 is 10.2 Å². The zero-order valence-corrected chi connectivity index (χ0v) is 18.3. The predicted molar refractivity (Wildman–Crippen MR) is 126 cm³/mol. The smallest absolute Gasteiger partial charge is 0.267 e. The Morgan fingerprint density at radius 2 is 1.62 bits per heavy atom. The molecule has 9 heteroatoms. The minimum absolute atomic E-state index is 0.192. The van der Waals surface area contributed by atoms with Crippen LogP contribution in [0.5, 0.6) is 0 Å². The summed E-state index contributed by atoms with van der Waals surface area (Å²) in [5, 5.41) is 7.64. The molecule has 0 unspecified atom stereocenters. The van der Waals surface area contributed by atoms with E-state index in [0.29, 0.717) is 11.5 Å². The van der Waals surface area contributed by atoms with Gasteiger partial charge in [-0.05, 0) is 29.8 Å². The van der Waals surface area contributed by atoms with E-state index in [0.717, 1.165) is 49.1 Å². The number of nitrogens with one attached hydrogen (secondary N) is 1. The second-order valence-electron chi connectivity index (χ2n) is 8.07. The van der Waals surface area contributed by atoms with Gasteiger partial charge in [0.05, 0.1) is 30.3 Å². The second kappa shape index (κ2) is 9.48. The van der Waals surface area contributed by atoms with E-state index in [9.17, 15) is 13.6 Å². The quantitative estimate of drug-likeness (QED) is 0.493. The largest absolute Gasteiger partial charge is 0.366 e. The number of rotatable bonds is 5. The lowest BCUT2D eigenvalue weighted by atomic mass is 10.1. The van der Waals surface area contributed by atoms with Crippen molar-refractivity contribution in [2.24, 2.45) is 0 Å². The maximum atomic E-state index is 13.6. The van der Waals surface area contributed by atoms with Gasteiger partial charge in [-0.15, -0.1) is 0 Å². The highest BCUT2D eigenvalue weighted by molar-refractivity contribution is 5.59. The number of aromatic nitrogens is 4. The molecule has 7 nitrogen and oxygen atoms in total. The highest BCUT2D eigenvalue weighted by atomic mass is 19.1. The van der Waals surface area contributed by atoms with E-state index in [-0.39, 0.29) is 17.7 Å². The highest BCUT2D eigenvalue weighted by Gasteiger charge is 2.12. The first-order valence-electron chi connectivity index (χ1n) is 11.0. The number of hydrogen-bond acceptors (Lipinski definition) is 6. The van der Waals surface area contributed by atoms with Crippen LogP contribution in [0.15, 0.2) is 71.8 Å². The standard InChI is InChI=1S/C25H22F2N6O/c26-20-11-19(12-21(27)13-20)23-4-5-24(34)33(31-23)16-17-2-1-3-18(10-17)25-29-14-22(15-30-25)32-8-6-28-7-9-32/h1-5,10-15,28H,6-9,16H2. The van der Waals surface area contributed by atoms with Crippen molar-refractivity contribution < 1.29 is 8.78 Å². The lowest BCUT2D eigenvalue weighted by Gasteiger charge is -2.28. The van der Waals surface area contributed by atoms with Crippen molar-refractivity contribution in [3.05, 3.63) is 94.5 Å².